The molecule has 8 nitrogen and oxygen atoms in total. The Balaban J connectivity index is 0.000000196. The van der Waals surface area contributed by atoms with Crippen LogP contribution in [0, 0.1) is 13.8 Å². The molecule has 2 aromatic rings. The van der Waals surface area contributed by atoms with Crippen molar-refractivity contribution in [1.82, 2.24) is 24.2 Å². The SMILES string of the molecule is CN1SNC(c2n[nH]c(=O)[nH]2)CC1C=O.CNc1ccc(C)c(C)c1. The third-order valence-corrected chi connectivity index (χ3v) is 5.03. The normalized spacial score (nSPS) is 20.5. The standard InChI is InChI=1S/C9H13N.C7H11N5O2S/c1-7-4-5-9(10-3)6-8(7)2;1-12-4(3-13)2-5(11-15-12)6-8-7(14)10-9-6/h4-6,10H,1-3H3;3-5,11H,2H2,1H3,(H2,8,9,10,14). The highest BCUT2D eigenvalue weighted by Crippen LogP contribution is 2.26. The summed E-state index contributed by atoms with van der Waals surface area (Å²) in [6.07, 6.45) is 1.49. The van der Waals surface area contributed by atoms with Crippen LogP contribution >= 0.6 is 12.1 Å². The van der Waals surface area contributed by atoms with Crippen LogP contribution in [-0.2, 0) is 4.79 Å². The molecule has 2 atom stereocenters. The van der Waals surface area contributed by atoms with Crippen LogP contribution in [0.4, 0.5) is 5.69 Å². The van der Waals surface area contributed by atoms with E-state index < -0.39 is 0 Å². The molecule has 0 amide bonds. The molecule has 136 valence electrons. The average Bonchev–Trinajstić information content (AvgIpc) is 3.05. The summed E-state index contributed by atoms with van der Waals surface area (Å²) < 4.78 is 4.92. The first-order chi connectivity index (χ1) is 11.9. The van der Waals surface area contributed by atoms with Crippen molar-refractivity contribution in [3.8, 4) is 0 Å². The number of rotatable bonds is 3. The van der Waals surface area contributed by atoms with Crippen molar-refractivity contribution in [3.05, 3.63) is 45.6 Å². The predicted octanol–water partition coefficient (Wildman–Crippen LogP) is 1.54. The number of aldehydes is 1. The number of aromatic nitrogens is 3. The van der Waals surface area contributed by atoms with E-state index in [4.69, 9.17) is 0 Å². The number of aryl methyl sites for hydroxylation is 2. The number of carbonyl (C=O) groups is 1. The van der Waals surface area contributed by atoms with E-state index in [2.05, 4.69) is 57.3 Å². The first-order valence-corrected chi connectivity index (χ1v) is 8.72. The fraction of sp³-hybridized carbons (Fsp3) is 0.438. The summed E-state index contributed by atoms with van der Waals surface area (Å²) in [7, 11) is 3.77. The van der Waals surface area contributed by atoms with Gasteiger partial charge in [-0.25, -0.2) is 18.9 Å². The van der Waals surface area contributed by atoms with Gasteiger partial charge in [0.05, 0.1) is 12.1 Å². The monoisotopic (exact) mass is 364 g/mol. The highest BCUT2D eigenvalue weighted by Gasteiger charge is 2.28. The lowest BCUT2D eigenvalue weighted by atomic mass is 10.1. The first kappa shape index (κ1) is 19.2. The van der Waals surface area contributed by atoms with Crippen LogP contribution in [0.15, 0.2) is 23.0 Å². The molecule has 0 bridgehead atoms. The second-order valence-corrected chi connectivity index (χ2v) is 6.85. The third-order valence-electron chi connectivity index (χ3n) is 4.09. The van der Waals surface area contributed by atoms with Crippen LogP contribution < -0.4 is 15.7 Å². The molecular formula is C16H24N6O2S. The average molecular weight is 364 g/mol. The lowest BCUT2D eigenvalue weighted by molar-refractivity contribution is -0.111. The number of nitrogens with one attached hydrogen (secondary N) is 4. The van der Waals surface area contributed by atoms with E-state index in [0.29, 0.717) is 12.2 Å². The van der Waals surface area contributed by atoms with Crippen molar-refractivity contribution in [3.63, 3.8) is 0 Å². The van der Waals surface area contributed by atoms with E-state index in [1.54, 1.807) is 0 Å². The van der Waals surface area contributed by atoms with Gasteiger partial charge in [0, 0.05) is 24.9 Å². The highest BCUT2D eigenvalue weighted by molar-refractivity contribution is 7.95. The molecule has 2 heterocycles. The van der Waals surface area contributed by atoms with Gasteiger partial charge in [-0.2, -0.15) is 5.10 Å². The molecule has 1 aromatic carbocycles. The molecule has 0 saturated carbocycles. The topological polar surface area (TPSA) is 106 Å². The predicted molar refractivity (Wildman–Crippen MR) is 100 cm³/mol. The molecule has 4 N–H and O–H groups in total. The molecule has 0 aliphatic carbocycles. The number of benzene rings is 1. The van der Waals surface area contributed by atoms with E-state index in [-0.39, 0.29) is 17.8 Å². The Morgan fingerprint density at radius 1 is 1.36 bits per heavy atom. The number of H-pyrrole nitrogens is 2. The van der Waals surface area contributed by atoms with Gasteiger partial charge in [0.25, 0.3) is 0 Å². The molecule has 0 spiro atoms. The maximum atomic E-state index is 10.9. The minimum Gasteiger partial charge on any atom is -0.388 e. The quantitative estimate of drug-likeness (QED) is 0.483. The lowest BCUT2D eigenvalue weighted by Crippen LogP contribution is -2.40. The van der Waals surface area contributed by atoms with Gasteiger partial charge in [0.15, 0.2) is 0 Å². The summed E-state index contributed by atoms with van der Waals surface area (Å²) in [6.45, 7) is 4.24. The fourth-order valence-corrected chi connectivity index (χ4v) is 3.08. The van der Waals surface area contributed by atoms with Crippen molar-refractivity contribution >= 4 is 24.1 Å². The molecule has 9 heteroatoms. The molecule has 2 unspecified atom stereocenters. The van der Waals surface area contributed by atoms with Gasteiger partial charge in [-0.3, -0.25) is 4.98 Å². The smallest absolute Gasteiger partial charge is 0.340 e. The van der Waals surface area contributed by atoms with Gasteiger partial charge in [0.2, 0.25) is 0 Å². The minimum atomic E-state index is -0.335. The number of aromatic amines is 2. The first-order valence-electron chi connectivity index (χ1n) is 7.94. The number of hydrogen-bond acceptors (Lipinski definition) is 7. The van der Waals surface area contributed by atoms with Crippen molar-refractivity contribution in [1.29, 1.82) is 0 Å². The van der Waals surface area contributed by atoms with Crippen molar-refractivity contribution in [2.45, 2.75) is 32.4 Å². The van der Waals surface area contributed by atoms with Gasteiger partial charge >= 0.3 is 5.69 Å². The second-order valence-electron chi connectivity index (χ2n) is 5.86. The molecule has 3 rings (SSSR count). The Labute approximate surface area is 151 Å². The molecular weight excluding hydrogens is 340 g/mol. The molecule has 1 aromatic heterocycles. The second kappa shape index (κ2) is 8.84. The maximum absolute atomic E-state index is 10.9. The number of nitrogens with zero attached hydrogens (tertiary/aromatic N) is 2. The number of anilines is 1. The summed E-state index contributed by atoms with van der Waals surface area (Å²) >= 11 is 1.34. The van der Waals surface area contributed by atoms with E-state index in [9.17, 15) is 9.59 Å². The summed E-state index contributed by atoms with van der Waals surface area (Å²) in [5, 5.41) is 9.22. The summed E-state index contributed by atoms with van der Waals surface area (Å²) in [4.78, 5) is 24.2. The fourth-order valence-electron chi connectivity index (χ4n) is 2.31. The van der Waals surface area contributed by atoms with Gasteiger partial charge in [-0.15, -0.1) is 0 Å². The molecule has 1 aliphatic rings. The third kappa shape index (κ3) is 5.18. The molecule has 0 radical (unpaired) electrons. The van der Waals surface area contributed by atoms with E-state index in [0.717, 1.165) is 6.29 Å². The van der Waals surface area contributed by atoms with Crippen LogP contribution in [0.25, 0.3) is 0 Å². The Hall–Kier alpha value is -2.10. The Kier molecular flexibility index (Phi) is 6.80. The largest absolute Gasteiger partial charge is 0.388 e. The Morgan fingerprint density at radius 2 is 2.12 bits per heavy atom. The van der Waals surface area contributed by atoms with Crippen molar-refractivity contribution in [2.24, 2.45) is 0 Å². The van der Waals surface area contributed by atoms with Crippen LogP contribution in [-0.4, -0.2) is 45.9 Å². The van der Waals surface area contributed by atoms with E-state index >= 15 is 0 Å². The Morgan fingerprint density at radius 3 is 2.68 bits per heavy atom. The molecule has 25 heavy (non-hydrogen) atoms. The summed E-state index contributed by atoms with van der Waals surface area (Å²) in [6, 6.07) is 6.08. The summed E-state index contributed by atoms with van der Waals surface area (Å²) in [5.74, 6) is 0.535. The number of carbonyl (C=O) groups excluding carboxylic acids is 1. The number of hydrogen-bond donors (Lipinski definition) is 4. The van der Waals surface area contributed by atoms with Crippen LogP contribution in [0.2, 0.25) is 0 Å². The van der Waals surface area contributed by atoms with E-state index in [1.807, 2.05) is 18.4 Å². The van der Waals surface area contributed by atoms with Crippen molar-refractivity contribution in [2.75, 3.05) is 19.4 Å². The summed E-state index contributed by atoms with van der Waals surface area (Å²) in [5.41, 5.74) is 3.53. The lowest BCUT2D eigenvalue weighted by Gasteiger charge is -2.32. The zero-order valence-corrected chi connectivity index (χ0v) is 15.6. The minimum absolute atomic E-state index is 0.111. The van der Waals surface area contributed by atoms with Gasteiger partial charge in [0.1, 0.15) is 12.1 Å². The van der Waals surface area contributed by atoms with Gasteiger partial charge in [-0.05, 0) is 50.6 Å². The molecule has 1 fully saturated rings. The van der Waals surface area contributed by atoms with Crippen LogP contribution in [0.5, 0.6) is 0 Å². The maximum Gasteiger partial charge on any atom is 0.340 e. The van der Waals surface area contributed by atoms with Crippen molar-refractivity contribution < 1.29 is 4.79 Å². The van der Waals surface area contributed by atoms with Crippen LogP contribution in [0.3, 0.4) is 0 Å². The van der Waals surface area contributed by atoms with E-state index in [1.165, 1.54) is 28.9 Å². The zero-order chi connectivity index (χ0) is 18.4. The molecule has 1 saturated heterocycles. The Bertz CT molecular complexity index is 759. The van der Waals surface area contributed by atoms with Crippen LogP contribution in [0.1, 0.15) is 29.4 Å². The molecule has 1 aliphatic heterocycles. The van der Waals surface area contributed by atoms with Gasteiger partial charge < -0.3 is 10.1 Å². The highest BCUT2D eigenvalue weighted by atomic mass is 32.2. The van der Waals surface area contributed by atoms with Gasteiger partial charge in [-0.1, -0.05) is 6.07 Å². The zero-order valence-electron chi connectivity index (χ0n) is 14.8. The number of likely N-dealkylation sites (N-methyl/N-ethyl adjacent to an activating group) is 1.